The Hall–Kier alpha value is -2.58. The molecule has 4 rings (SSSR count). The van der Waals surface area contributed by atoms with E-state index < -0.39 is 10.0 Å². The van der Waals surface area contributed by atoms with Crippen molar-refractivity contribution in [3.8, 4) is 11.4 Å². The van der Waals surface area contributed by atoms with Gasteiger partial charge in [-0.1, -0.05) is 12.1 Å². The molecule has 0 radical (unpaired) electrons. The molecule has 0 atom stereocenters. The lowest BCUT2D eigenvalue weighted by atomic mass is 10.1. The van der Waals surface area contributed by atoms with Gasteiger partial charge in [0.05, 0.1) is 11.8 Å². The number of para-hydroxylation sites is 1. The van der Waals surface area contributed by atoms with Crippen LogP contribution in [0.25, 0.3) is 22.3 Å². The first kappa shape index (κ1) is 17.8. The monoisotopic (exact) mass is 383 g/mol. The van der Waals surface area contributed by atoms with Gasteiger partial charge in [-0.2, -0.15) is 0 Å². The van der Waals surface area contributed by atoms with Crippen molar-refractivity contribution in [2.24, 2.45) is 0 Å². The second kappa shape index (κ2) is 7.21. The fourth-order valence-electron chi connectivity index (χ4n) is 3.44. The Morgan fingerprint density at radius 3 is 2.44 bits per heavy atom. The van der Waals surface area contributed by atoms with E-state index in [-0.39, 0.29) is 6.04 Å². The molecule has 7 nitrogen and oxygen atoms in total. The van der Waals surface area contributed by atoms with Crippen molar-refractivity contribution in [1.29, 1.82) is 0 Å². The van der Waals surface area contributed by atoms with Crippen LogP contribution >= 0.6 is 0 Å². The van der Waals surface area contributed by atoms with Gasteiger partial charge < -0.3 is 4.90 Å². The molecule has 8 heteroatoms. The van der Waals surface area contributed by atoms with Crippen LogP contribution in [0.4, 0.5) is 5.82 Å². The third-order valence-electron chi connectivity index (χ3n) is 4.70. The minimum atomic E-state index is -3.18. The molecule has 1 aliphatic rings. The highest BCUT2D eigenvalue weighted by atomic mass is 32.2. The number of aromatic nitrogens is 3. The number of hydrogen-bond acceptors (Lipinski definition) is 6. The molecular formula is C19H21N5O2S. The van der Waals surface area contributed by atoms with E-state index in [0.717, 1.165) is 48.2 Å². The summed E-state index contributed by atoms with van der Waals surface area (Å²) in [5.41, 5.74) is 1.82. The van der Waals surface area contributed by atoms with Gasteiger partial charge >= 0.3 is 0 Å². The molecule has 1 aromatic carbocycles. The van der Waals surface area contributed by atoms with Gasteiger partial charge in [0.15, 0.2) is 5.82 Å². The van der Waals surface area contributed by atoms with Gasteiger partial charge in [0.2, 0.25) is 10.0 Å². The van der Waals surface area contributed by atoms with E-state index in [1.165, 1.54) is 6.26 Å². The Kier molecular flexibility index (Phi) is 4.75. The van der Waals surface area contributed by atoms with Crippen molar-refractivity contribution in [1.82, 2.24) is 19.7 Å². The third kappa shape index (κ3) is 4.06. The van der Waals surface area contributed by atoms with Crippen LogP contribution in [0.3, 0.4) is 0 Å². The molecule has 27 heavy (non-hydrogen) atoms. The van der Waals surface area contributed by atoms with Gasteiger partial charge in [-0.3, -0.25) is 4.98 Å². The topological polar surface area (TPSA) is 88.1 Å². The van der Waals surface area contributed by atoms with E-state index >= 15 is 0 Å². The molecule has 0 unspecified atom stereocenters. The second-order valence-corrected chi connectivity index (χ2v) is 8.56. The van der Waals surface area contributed by atoms with E-state index in [1.807, 2.05) is 36.4 Å². The molecule has 3 aromatic rings. The highest BCUT2D eigenvalue weighted by molar-refractivity contribution is 7.88. The summed E-state index contributed by atoms with van der Waals surface area (Å²) in [6.07, 6.45) is 6.16. The fraction of sp³-hybridized carbons (Fsp3) is 0.316. The maximum absolute atomic E-state index is 11.5. The fourth-order valence-corrected chi connectivity index (χ4v) is 4.28. The first-order chi connectivity index (χ1) is 13.0. The summed E-state index contributed by atoms with van der Waals surface area (Å²) in [6, 6.07) is 11.7. The van der Waals surface area contributed by atoms with Crippen LogP contribution in [0.2, 0.25) is 0 Å². The number of piperidine rings is 1. The van der Waals surface area contributed by atoms with Gasteiger partial charge in [0.1, 0.15) is 5.82 Å². The van der Waals surface area contributed by atoms with Crippen LogP contribution in [-0.2, 0) is 10.0 Å². The average Bonchev–Trinajstić information content (AvgIpc) is 2.67. The van der Waals surface area contributed by atoms with E-state index in [1.54, 1.807) is 12.4 Å². The number of rotatable bonds is 4. The molecule has 1 aliphatic heterocycles. The van der Waals surface area contributed by atoms with Gasteiger partial charge in [-0.05, 0) is 37.1 Å². The van der Waals surface area contributed by atoms with Crippen LogP contribution in [0.15, 0.2) is 48.8 Å². The molecule has 1 fully saturated rings. The lowest BCUT2D eigenvalue weighted by molar-refractivity contribution is 0.460. The van der Waals surface area contributed by atoms with E-state index in [4.69, 9.17) is 9.97 Å². The van der Waals surface area contributed by atoms with Gasteiger partial charge in [-0.15, -0.1) is 0 Å². The number of fused-ring (bicyclic) bond motifs is 1. The Balaban J connectivity index is 1.67. The van der Waals surface area contributed by atoms with Crippen LogP contribution in [0, 0.1) is 0 Å². The number of benzene rings is 1. The maximum atomic E-state index is 11.5. The summed E-state index contributed by atoms with van der Waals surface area (Å²) in [7, 11) is -3.18. The predicted octanol–water partition coefficient (Wildman–Crippen LogP) is 2.21. The average molecular weight is 383 g/mol. The minimum absolute atomic E-state index is 0.0241. The van der Waals surface area contributed by atoms with E-state index in [0.29, 0.717) is 5.82 Å². The zero-order valence-electron chi connectivity index (χ0n) is 15.0. The third-order valence-corrected chi connectivity index (χ3v) is 5.46. The summed E-state index contributed by atoms with van der Waals surface area (Å²) in [4.78, 5) is 15.8. The van der Waals surface area contributed by atoms with Crippen LogP contribution in [-0.4, -0.2) is 48.8 Å². The van der Waals surface area contributed by atoms with E-state index in [2.05, 4.69) is 14.6 Å². The molecule has 3 heterocycles. The van der Waals surface area contributed by atoms with Crippen LogP contribution in [0.1, 0.15) is 12.8 Å². The summed E-state index contributed by atoms with van der Waals surface area (Å²) in [6.45, 7) is 1.48. The largest absolute Gasteiger partial charge is 0.356 e. The Labute approximate surface area is 158 Å². The second-order valence-electron chi connectivity index (χ2n) is 6.78. The number of anilines is 1. The van der Waals surface area contributed by atoms with Crippen molar-refractivity contribution in [3.05, 3.63) is 48.8 Å². The van der Waals surface area contributed by atoms with Gasteiger partial charge in [0, 0.05) is 42.5 Å². The molecular weight excluding hydrogens is 362 g/mol. The van der Waals surface area contributed by atoms with Crippen LogP contribution < -0.4 is 9.62 Å². The predicted molar refractivity (Wildman–Crippen MR) is 106 cm³/mol. The number of nitrogens with one attached hydrogen (secondary N) is 1. The molecule has 2 aromatic heterocycles. The molecule has 0 spiro atoms. The Bertz CT molecular complexity index is 1050. The molecule has 0 aliphatic carbocycles. The highest BCUT2D eigenvalue weighted by Crippen LogP contribution is 2.29. The zero-order chi connectivity index (χ0) is 18.9. The summed E-state index contributed by atoms with van der Waals surface area (Å²) in [5.74, 6) is 1.56. The number of nitrogens with zero attached hydrogens (tertiary/aromatic N) is 4. The van der Waals surface area contributed by atoms with Gasteiger partial charge in [-0.25, -0.2) is 23.1 Å². The van der Waals surface area contributed by atoms with Crippen molar-refractivity contribution in [3.63, 3.8) is 0 Å². The van der Waals surface area contributed by atoms with Crippen molar-refractivity contribution < 1.29 is 8.42 Å². The molecule has 0 saturated carbocycles. The van der Waals surface area contributed by atoms with Crippen molar-refractivity contribution in [2.75, 3.05) is 24.2 Å². The zero-order valence-corrected chi connectivity index (χ0v) is 15.9. The Morgan fingerprint density at radius 2 is 1.74 bits per heavy atom. The molecule has 0 bridgehead atoms. The lowest BCUT2D eigenvalue weighted by Gasteiger charge is -2.33. The first-order valence-electron chi connectivity index (χ1n) is 8.89. The standard InChI is InChI=1S/C19H21N5O2S/c1-27(25,26)23-15-8-12-24(13-9-15)19-16-4-2-3-5-17(16)21-18(22-19)14-6-10-20-11-7-14/h2-7,10-11,15,23H,8-9,12-13H2,1H3. The minimum Gasteiger partial charge on any atom is -0.356 e. The number of hydrogen-bond donors (Lipinski definition) is 1. The first-order valence-corrected chi connectivity index (χ1v) is 10.8. The smallest absolute Gasteiger partial charge is 0.208 e. The van der Waals surface area contributed by atoms with Gasteiger partial charge in [0.25, 0.3) is 0 Å². The quantitative estimate of drug-likeness (QED) is 0.743. The maximum Gasteiger partial charge on any atom is 0.208 e. The summed E-state index contributed by atoms with van der Waals surface area (Å²) < 4.78 is 25.7. The SMILES string of the molecule is CS(=O)(=O)NC1CCN(c2nc(-c3ccncc3)nc3ccccc23)CC1. The number of pyridine rings is 1. The molecule has 0 amide bonds. The summed E-state index contributed by atoms with van der Waals surface area (Å²) in [5, 5.41) is 1.00. The van der Waals surface area contributed by atoms with Crippen molar-refractivity contribution >= 4 is 26.7 Å². The van der Waals surface area contributed by atoms with E-state index in [9.17, 15) is 8.42 Å². The number of sulfonamides is 1. The Morgan fingerprint density at radius 1 is 1.04 bits per heavy atom. The van der Waals surface area contributed by atoms with Crippen molar-refractivity contribution in [2.45, 2.75) is 18.9 Å². The normalized spacial score (nSPS) is 16.0. The molecule has 1 saturated heterocycles. The highest BCUT2D eigenvalue weighted by Gasteiger charge is 2.24. The summed E-state index contributed by atoms with van der Waals surface area (Å²) >= 11 is 0. The molecule has 140 valence electrons. The lowest BCUT2D eigenvalue weighted by Crippen LogP contribution is -2.44. The molecule has 1 N–H and O–H groups in total. The van der Waals surface area contributed by atoms with Crippen LogP contribution in [0.5, 0.6) is 0 Å².